The van der Waals surface area contributed by atoms with E-state index in [0.717, 1.165) is 11.8 Å². The summed E-state index contributed by atoms with van der Waals surface area (Å²) in [6, 6.07) is 7.48. The van der Waals surface area contributed by atoms with Crippen LogP contribution in [0, 0.1) is 0 Å². The molecule has 17 nitrogen and oxygen atoms in total. The van der Waals surface area contributed by atoms with E-state index in [1.807, 2.05) is 23.2 Å². The molecule has 5 unspecified atom stereocenters. The fourth-order valence-corrected chi connectivity index (χ4v) is 4.05. The zero-order valence-corrected chi connectivity index (χ0v) is 21.7. The van der Waals surface area contributed by atoms with Gasteiger partial charge < -0.3 is 42.0 Å². The number of amides is 3. The van der Waals surface area contributed by atoms with Gasteiger partial charge >= 0.3 is 5.69 Å². The lowest BCUT2D eigenvalue weighted by molar-refractivity contribution is -0.179. The number of H-pyrrole nitrogens is 2. The van der Waals surface area contributed by atoms with E-state index in [1.165, 1.54) is 0 Å². The van der Waals surface area contributed by atoms with E-state index in [4.69, 9.17) is 16.2 Å². The second-order valence-electron chi connectivity index (χ2n) is 9.14. The first-order chi connectivity index (χ1) is 19.5. The number of aliphatic hydroxyl groups excluding tert-OH is 2. The van der Waals surface area contributed by atoms with Gasteiger partial charge in [-0.2, -0.15) is 0 Å². The van der Waals surface area contributed by atoms with Crippen molar-refractivity contribution in [1.82, 2.24) is 25.7 Å². The van der Waals surface area contributed by atoms with Crippen LogP contribution in [0.1, 0.15) is 30.1 Å². The largest absolute Gasteiger partial charge is 0.388 e. The zero-order valence-electron chi connectivity index (χ0n) is 21.7. The molecular weight excluding hydrogens is 544 g/mol. The predicted molar refractivity (Wildman–Crippen MR) is 141 cm³/mol. The van der Waals surface area contributed by atoms with Crippen LogP contribution in [0.15, 0.2) is 51.1 Å². The van der Waals surface area contributed by atoms with Gasteiger partial charge in [0.05, 0.1) is 5.56 Å². The highest BCUT2D eigenvalue weighted by Gasteiger charge is 2.45. The van der Waals surface area contributed by atoms with E-state index in [-0.39, 0.29) is 30.0 Å². The van der Waals surface area contributed by atoms with E-state index < -0.39 is 78.5 Å². The summed E-state index contributed by atoms with van der Waals surface area (Å²) in [4.78, 5) is 68.9. The quantitative estimate of drug-likeness (QED) is 0.0513. The van der Waals surface area contributed by atoms with E-state index >= 15 is 0 Å². The standard InChI is InChI=1S/C24H32N8O9/c25-23(26)29-11-17(34)32(40)14(6-7-16(33)27-8-12-4-2-1-3-5-12)22(38)28-10-15-18(35)19(36)20(41-15)13-9-30-24(39)31-21(13)37/h1-5,9,14-15,18-20,35-36,40H,6-8,10-11H2,(H,27,33)(H,28,38)(H4,25,26,29)(H2,30,31,37,39). The van der Waals surface area contributed by atoms with Gasteiger partial charge in [0.1, 0.15) is 37.0 Å². The number of nitrogens with zero attached hydrogens (tertiary/aromatic N) is 2. The molecule has 3 rings (SSSR count). The molecule has 41 heavy (non-hydrogen) atoms. The Bertz CT molecular complexity index is 1360. The number of hydroxylamine groups is 2. The third-order valence-electron chi connectivity index (χ3n) is 6.22. The third kappa shape index (κ3) is 8.45. The van der Waals surface area contributed by atoms with Crippen molar-refractivity contribution in [3.05, 3.63) is 68.5 Å². The SMILES string of the molecule is NC(N)=NCC(=O)N(O)C(CCC(=O)NCc1ccccc1)C(=O)NCC1OC(c2c[nH]c(=O)[nH]c2=O)C(O)C1O. The number of aliphatic imine (C=N–C) groups is 1. The third-order valence-corrected chi connectivity index (χ3v) is 6.22. The molecule has 5 atom stereocenters. The molecule has 0 aliphatic carbocycles. The smallest absolute Gasteiger partial charge is 0.325 e. The number of aromatic nitrogens is 2. The van der Waals surface area contributed by atoms with Crippen LogP contribution in [-0.2, 0) is 25.7 Å². The second-order valence-corrected chi connectivity index (χ2v) is 9.14. The van der Waals surface area contributed by atoms with Crippen LogP contribution in [0.2, 0.25) is 0 Å². The van der Waals surface area contributed by atoms with Gasteiger partial charge in [-0.25, -0.2) is 14.9 Å². The first kappa shape index (κ1) is 31.0. The van der Waals surface area contributed by atoms with Crippen molar-refractivity contribution < 1.29 is 34.5 Å². The number of ether oxygens (including phenoxy) is 1. The highest BCUT2D eigenvalue weighted by atomic mass is 16.5. The Hall–Kier alpha value is -4.58. The maximum absolute atomic E-state index is 13.0. The molecule has 1 aliphatic rings. The number of carbonyl (C=O) groups is 3. The molecule has 0 bridgehead atoms. The highest BCUT2D eigenvalue weighted by Crippen LogP contribution is 2.31. The molecule has 1 saturated heterocycles. The van der Waals surface area contributed by atoms with Crippen molar-refractivity contribution in [2.45, 2.75) is 49.8 Å². The number of hydrogen-bond donors (Lipinski definition) is 9. The van der Waals surface area contributed by atoms with Gasteiger partial charge in [-0.05, 0) is 12.0 Å². The maximum Gasteiger partial charge on any atom is 0.325 e. The summed E-state index contributed by atoms with van der Waals surface area (Å²) in [5, 5.41) is 36.5. The van der Waals surface area contributed by atoms with Crippen molar-refractivity contribution >= 4 is 23.7 Å². The van der Waals surface area contributed by atoms with Crippen molar-refractivity contribution in [3.8, 4) is 0 Å². The monoisotopic (exact) mass is 576 g/mol. The molecule has 3 amide bonds. The minimum Gasteiger partial charge on any atom is -0.388 e. The van der Waals surface area contributed by atoms with Gasteiger partial charge in [-0.3, -0.25) is 29.4 Å². The summed E-state index contributed by atoms with van der Waals surface area (Å²) < 4.78 is 5.56. The minimum absolute atomic E-state index is 0.107. The number of hydrogen-bond acceptors (Lipinski definition) is 10. The first-order valence-electron chi connectivity index (χ1n) is 12.5. The molecule has 11 N–H and O–H groups in total. The van der Waals surface area contributed by atoms with Gasteiger partial charge in [-0.15, -0.1) is 0 Å². The average molecular weight is 577 g/mol. The normalized spacial score (nSPS) is 20.6. The molecule has 0 radical (unpaired) electrons. The average Bonchev–Trinajstić information content (AvgIpc) is 3.22. The summed E-state index contributed by atoms with van der Waals surface area (Å²) in [6.07, 6.45) is -5.20. The first-order valence-corrected chi connectivity index (χ1v) is 12.5. The van der Waals surface area contributed by atoms with Crippen LogP contribution >= 0.6 is 0 Å². The summed E-state index contributed by atoms with van der Waals surface area (Å²) >= 11 is 0. The van der Waals surface area contributed by atoms with E-state index in [2.05, 4.69) is 20.6 Å². The Balaban J connectivity index is 1.65. The molecule has 1 aromatic heterocycles. The van der Waals surface area contributed by atoms with Gasteiger partial charge in [0.15, 0.2) is 5.96 Å². The lowest BCUT2D eigenvalue weighted by Gasteiger charge is -2.25. The maximum atomic E-state index is 13.0. The number of nitrogens with one attached hydrogen (secondary N) is 4. The summed E-state index contributed by atoms with van der Waals surface area (Å²) in [5.41, 5.74) is 9.49. The molecule has 1 aromatic carbocycles. The van der Waals surface area contributed by atoms with Gasteiger partial charge in [0.2, 0.25) is 11.8 Å². The van der Waals surface area contributed by atoms with Crippen LogP contribution < -0.4 is 33.3 Å². The summed E-state index contributed by atoms with van der Waals surface area (Å²) in [5.74, 6) is -2.83. The molecule has 0 spiro atoms. The number of guanidine groups is 1. The Kier molecular flexibility index (Phi) is 10.7. The predicted octanol–water partition coefficient (Wildman–Crippen LogP) is -3.70. The zero-order chi connectivity index (χ0) is 30.1. The fourth-order valence-electron chi connectivity index (χ4n) is 4.05. The number of aromatic amines is 2. The molecule has 2 aromatic rings. The van der Waals surface area contributed by atoms with Crippen LogP contribution in [0.5, 0.6) is 0 Å². The van der Waals surface area contributed by atoms with Gasteiger partial charge in [0.25, 0.3) is 11.5 Å². The number of aliphatic hydroxyl groups is 2. The molecule has 222 valence electrons. The van der Waals surface area contributed by atoms with E-state index in [9.17, 15) is 39.4 Å². The fraction of sp³-hybridized carbons (Fsp3) is 0.417. The number of rotatable bonds is 12. The Labute approximate surface area is 232 Å². The molecule has 1 fully saturated rings. The number of nitrogens with two attached hydrogens (primary N) is 2. The molecule has 17 heteroatoms. The molecule has 2 heterocycles. The summed E-state index contributed by atoms with van der Waals surface area (Å²) in [7, 11) is 0. The van der Waals surface area contributed by atoms with Crippen LogP contribution in [-0.4, -0.2) is 91.6 Å². The molecular formula is C24H32N8O9. The van der Waals surface area contributed by atoms with Crippen LogP contribution in [0.3, 0.4) is 0 Å². The Morgan fingerprint density at radius 1 is 1.10 bits per heavy atom. The van der Waals surface area contributed by atoms with Gasteiger partial charge in [0, 0.05) is 25.7 Å². The highest BCUT2D eigenvalue weighted by molar-refractivity contribution is 5.89. The second kappa shape index (κ2) is 14.2. The molecule has 1 aliphatic heterocycles. The summed E-state index contributed by atoms with van der Waals surface area (Å²) in [6.45, 7) is -0.863. The lowest BCUT2D eigenvalue weighted by atomic mass is 10.0. The van der Waals surface area contributed by atoms with Crippen molar-refractivity contribution in [3.63, 3.8) is 0 Å². The van der Waals surface area contributed by atoms with Crippen LogP contribution in [0.4, 0.5) is 0 Å². The number of carbonyl (C=O) groups excluding carboxylic acids is 3. The number of benzene rings is 1. The van der Waals surface area contributed by atoms with Crippen molar-refractivity contribution in [1.29, 1.82) is 0 Å². The van der Waals surface area contributed by atoms with Crippen LogP contribution in [0.25, 0.3) is 0 Å². The Morgan fingerprint density at radius 3 is 2.46 bits per heavy atom. The lowest BCUT2D eigenvalue weighted by Crippen LogP contribution is -2.51. The van der Waals surface area contributed by atoms with Crippen molar-refractivity contribution in [2.24, 2.45) is 16.5 Å². The van der Waals surface area contributed by atoms with Gasteiger partial charge in [-0.1, -0.05) is 30.3 Å². The Morgan fingerprint density at radius 2 is 1.80 bits per heavy atom. The van der Waals surface area contributed by atoms with E-state index in [0.29, 0.717) is 0 Å². The van der Waals surface area contributed by atoms with Crippen molar-refractivity contribution in [2.75, 3.05) is 13.1 Å². The topological polar surface area (TPSA) is 279 Å². The molecule has 0 saturated carbocycles. The minimum atomic E-state index is -1.58. The van der Waals surface area contributed by atoms with E-state index in [1.54, 1.807) is 12.1 Å².